The van der Waals surface area contributed by atoms with Gasteiger partial charge in [-0.15, -0.1) is 5.92 Å². The van der Waals surface area contributed by atoms with Crippen LogP contribution in [-0.4, -0.2) is 6.29 Å². The van der Waals surface area contributed by atoms with Crippen LogP contribution in [0.25, 0.3) is 0 Å². The second-order valence-electron chi connectivity index (χ2n) is 2.26. The molecular weight excluding hydrogens is 298 g/mol. The van der Waals surface area contributed by atoms with E-state index in [0.29, 0.717) is 16.1 Å². The maximum Gasteiger partial charge on any atom is 0.234 e. The summed E-state index contributed by atoms with van der Waals surface area (Å²) in [5.74, 6) is 5.57. The van der Waals surface area contributed by atoms with Crippen LogP contribution >= 0.6 is 34.2 Å². The molecule has 0 aromatic heterocycles. The third kappa shape index (κ3) is 2.23. The summed E-state index contributed by atoms with van der Waals surface area (Å²) in [6, 6.07) is 3.29. The fourth-order valence-electron chi connectivity index (χ4n) is 0.883. The lowest BCUT2D eigenvalue weighted by Gasteiger charge is -2.01. The van der Waals surface area contributed by atoms with Crippen molar-refractivity contribution in [2.75, 3.05) is 0 Å². The molecule has 0 heterocycles. The number of rotatable bonds is 1. The lowest BCUT2D eigenvalue weighted by atomic mass is 10.1. The maximum atomic E-state index is 10.5. The van der Waals surface area contributed by atoms with Gasteiger partial charge in [-0.2, -0.15) is 0 Å². The molecule has 0 fully saturated rings. The van der Waals surface area contributed by atoms with Crippen molar-refractivity contribution in [1.29, 1.82) is 0 Å². The van der Waals surface area contributed by atoms with Gasteiger partial charge in [0.15, 0.2) is 0 Å². The Hall–Kier alpha value is -0.530. The molecule has 0 spiro atoms. The van der Waals surface area contributed by atoms with Gasteiger partial charge < -0.3 is 0 Å². The Kier molecular flexibility index (Phi) is 3.76. The van der Waals surface area contributed by atoms with Crippen molar-refractivity contribution >= 4 is 40.5 Å². The molecule has 0 unspecified atom stereocenters. The molecular formula is C10H5ClIO. The quantitative estimate of drug-likeness (QED) is 0.576. The zero-order valence-corrected chi connectivity index (χ0v) is 9.73. The predicted molar refractivity (Wildman–Crippen MR) is 61.5 cm³/mol. The summed E-state index contributed by atoms with van der Waals surface area (Å²) in [4.78, 5) is 10.5. The number of halogens is 2. The van der Waals surface area contributed by atoms with Crippen LogP contribution in [0.2, 0.25) is 5.02 Å². The van der Waals surface area contributed by atoms with E-state index in [-0.39, 0.29) is 0 Å². The van der Waals surface area contributed by atoms with Crippen molar-refractivity contribution in [3.8, 4) is 11.8 Å². The Morgan fingerprint density at radius 2 is 2.15 bits per heavy atom. The normalized spacial score (nSPS) is 8.85. The van der Waals surface area contributed by atoms with Crippen molar-refractivity contribution in [3.05, 3.63) is 31.9 Å². The fourth-order valence-corrected chi connectivity index (χ4v) is 1.65. The summed E-state index contributed by atoms with van der Waals surface area (Å²) < 4.78 is 0.800. The van der Waals surface area contributed by atoms with E-state index in [1.165, 1.54) is 0 Å². The van der Waals surface area contributed by atoms with Gasteiger partial charge in [0.2, 0.25) is 6.29 Å². The van der Waals surface area contributed by atoms with Crippen LogP contribution in [0.3, 0.4) is 0 Å². The highest BCUT2D eigenvalue weighted by Crippen LogP contribution is 2.23. The Morgan fingerprint density at radius 3 is 2.69 bits per heavy atom. The van der Waals surface area contributed by atoms with Crippen molar-refractivity contribution in [2.24, 2.45) is 0 Å². The van der Waals surface area contributed by atoms with E-state index in [1.54, 1.807) is 19.1 Å². The highest BCUT2D eigenvalue weighted by atomic mass is 127. The first kappa shape index (κ1) is 10.6. The molecule has 0 aliphatic carbocycles. The Morgan fingerprint density at radius 1 is 1.46 bits per heavy atom. The molecule has 1 rings (SSSR count). The average molecular weight is 304 g/mol. The molecule has 1 aromatic carbocycles. The number of hydrogen-bond acceptors (Lipinski definition) is 1. The van der Waals surface area contributed by atoms with Crippen LogP contribution < -0.4 is 0 Å². The minimum absolute atomic E-state index is 0.461. The van der Waals surface area contributed by atoms with E-state index in [0.717, 1.165) is 3.57 Å². The molecule has 3 heteroatoms. The van der Waals surface area contributed by atoms with E-state index >= 15 is 0 Å². The molecule has 0 saturated carbocycles. The number of hydrogen-bond donors (Lipinski definition) is 0. The topological polar surface area (TPSA) is 17.1 Å². The van der Waals surface area contributed by atoms with Gasteiger partial charge in [0.1, 0.15) is 0 Å². The third-order valence-corrected chi connectivity index (χ3v) is 3.21. The van der Waals surface area contributed by atoms with E-state index in [9.17, 15) is 4.79 Å². The van der Waals surface area contributed by atoms with Gasteiger partial charge in [0.05, 0.1) is 10.6 Å². The second kappa shape index (κ2) is 4.64. The lowest BCUT2D eigenvalue weighted by Crippen LogP contribution is -1.92. The van der Waals surface area contributed by atoms with Crippen LogP contribution in [0.5, 0.6) is 0 Å². The summed E-state index contributed by atoms with van der Waals surface area (Å²) in [7, 11) is 0. The first-order valence-electron chi connectivity index (χ1n) is 3.49. The van der Waals surface area contributed by atoms with Gasteiger partial charge >= 0.3 is 0 Å². The van der Waals surface area contributed by atoms with E-state index in [1.807, 2.05) is 6.29 Å². The highest BCUT2D eigenvalue weighted by Gasteiger charge is 2.07. The molecule has 0 aliphatic heterocycles. The standard InChI is InChI=1S/C10H5ClIO/c1-2-3-8-7(6-13)4-5-9(11)10(8)12/h4-5H,1H3. The maximum absolute atomic E-state index is 10.5. The molecule has 1 nitrogen and oxygen atoms in total. The lowest BCUT2D eigenvalue weighted by molar-refractivity contribution is 0.562. The minimum atomic E-state index is 0.461. The van der Waals surface area contributed by atoms with Crippen LogP contribution in [-0.2, 0) is 4.79 Å². The van der Waals surface area contributed by atoms with Gasteiger partial charge in [0.25, 0.3) is 0 Å². The van der Waals surface area contributed by atoms with Crippen LogP contribution in [0.4, 0.5) is 0 Å². The first-order valence-corrected chi connectivity index (χ1v) is 4.95. The molecule has 13 heavy (non-hydrogen) atoms. The summed E-state index contributed by atoms with van der Waals surface area (Å²) in [6.45, 7) is 1.71. The van der Waals surface area contributed by atoms with Crippen LogP contribution in [0.15, 0.2) is 12.1 Å². The Balaban J connectivity index is 3.46. The van der Waals surface area contributed by atoms with Crippen LogP contribution in [0.1, 0.15) is 18.1 Å². The molecule has 65 valence electrons. The smallest absolute Gasteiger partial charge is 0.234 e. The predicted octanol–water partition coefficient (Wildman–Crippen LogP) is 2.77. The Bertz CT molecular complexity index is 401. The minimum Gasteiger partial charge on any atom is -0.285 e. The summed E-state index contributed by atoms with van der Waals surface area (Å²) in [6.07, 6.45) is 1.83. The van der Waals surface area contributed by atoms with Crippen molar-refractivity contribution in [1.82, 2.24) is 0 Å². The highest BCUT2D eigenvalue weighted by molar-refractivity contribution is 14.1. The summed E-state index contributed by atoms with van der Waals surface area (Å²) in [5, 5.41) is 0.609. The molecule has 0 aliphatic rings. The molecule has 0 N–H and O–H groups in total. The molecule has 0 saturated heterocycles. The SMILES string of the molecule is CC#Cc1c([C]=O)ccc(Cl)c1I. The number of benzene rings is 1. The van der Waals surface area contributed by atoms with Gasteiger partial charge in [-0.1, -0.05) is 17.5 Å². The summed E-state index contributed by atoms with van der Waals surface area (Å²) >= 11 is 7.94. The zero-order chi connectivity index (χ0) is 9.84. The van der Waals surface area contributed by atoms with Gasteiger partial charge in [0, 0.05) is 9.13 Å². The van der Waals surface area contributed by atoms with E-state index in [2.05, 4.69) is 34.4 Å². The van der Waals surface area contributed by atoms with Gasteiger partial charge in [-0.05, 0) is 41.6 Å². The molecule has 1 radical (unpaired) electrons. The van der Waals surface area contributed by atoms with E-state index in [4.69, 9.17) is 11.6 Å². The summed E-state index contributed by atoms with van der Waals surface area (Å²) in [5.41, 5.74) is 1.12. The van der Waals surface area contributed by atoms with Crippen molar-refractivity contribution in [3.63, 3.8) is 0 Å². The zero-order valence-electron chi connectivity index (χ0n) is 6.82. The Labute approximate surface area is 95.6 Å². The first-order chi connectivity index (χ1) is 6.20. The molecule has 0 bridgehead atoms. The van der Waals surface area contributed by atoms with Crippen molar-refractivity contribution in [2.45, 2.75) is 6.92 Å². The monoisotopic (exact) mass is 303 g/mol. The molecule has 0 atom stereocenters. The van der Waals surface area contributed by atoms with Crippen LogP contribution in [0, 0.1) is 15.4 Å². The van der Waals surface area contributed by atoms with Gasteiger partial charge in [-0.25, -0.2) is 0 Å². The second-order valence-corrected chi connectivity index (χ2v) is 3.75. The fraction of sp³-hybridized carbons (Fsp3) is 0.100. The third-order valence-electron chi connectivity index (χ3n) is 1.45. The average Bonchev–Trinajstić information content (AvgIpc) is 2.14. The molecule has 1 aromatic rings. The van der Waals surface area contributed by atoms with Gasteiger partial charge in [-0.3, -0.25) is 4.79 Å². The largest absolute Gasteiger partial charge is 0.285 e. The number of carbonyl (C=O) groups excluding carboxylic acids is 1. The van der Waals surface area contributed by atoms with Crippen molar-refractivity contribution < 1.29 is 4.79 Å². The molecule has 0 amide bonds. The van der Waals surface area contributed by atoms with E-state index < -0.39 is 0 Å².